The standard InChI is InChI=1S/C19H36N2O2/c1-15(2)18(22)14-20-12-8-19(5,9-13-20)23-17-6-10-21(11-7-17)16(3)4/h15-17H,6-14H2,1-5H3. The molecule has 23 heavy (non-hydrogen) atoms. The van der Waals surface area contributed by atoms with Gasteiger partial charge in [-0.3, -0.25) is 9.69 Å². The maximum absolute atomic E-state index is 11.9. The van der Waals surface area contributed by atoms with E-state index in [1.54, 1.807) is 0 Å². The van der Waals surface area contributed by atoms with Gasteiger partial charge in [-0.2, -0.15) is 0 Å². The number of hydrogen-bond acceptors (Lipinski definition) is 4. The Morgan fingerprint density at radius 1 is 1.09 bits per heavy atom. The van der Waals surface area contributed by atoms with Crippen LogP contribution in [0.15, 0.2) is 0 Å². The zero-order valence-electron chi connectivity index (χ0n) is 15.8. The van der Waals surface area contributed by atoms with E-state index in [0.29, 0.717) is 24.5 Å². The van der Waals surface area contributed by atoms with Gasteiger partial charge in [0.1, 0.15) is 5.78 Å². The van der Waals surface area contributed by atoms with Gasteiger partial charge in [-0.25, -0.2) is 0 Å². The van der Waals surface area contributed by atoms with Gasteiger partial charge in [-0.15, -0.1) is 0 Å². The van der Waals surface area contributed by atoms with Gasteiger partial charge in [0, 0.05) is 38.1 Å². The van der Waals surface area contributed by atoms with Gasteiger partial charge >= 0.3 is 0 Å². The molecule has 2 fully saturated rings. The van der Waals surface area contributed by atoms with Gasteiger partial charge in [0.2, 0.25) is 0 Å². The fraction of sp³-hybridized carbons (Fsp3) is 0.947. The van der Waals surface area contributed by atoms with E-state index in [0.717, 1.165) is 51.9 Å². The number of hydrogen-bond donors (Lipinski definition) is 0. The molecule has 4 heteroatoms. The molecule has 0 atom stereocenters. The van der Waals surface area contributed by atoms with Gasteiger partial charge < -0.3 is 9.64 Å². The molecule has 0 radical (unpaired) electrons. The molecule has 2 saturated heterocycles. The van der Waals surface area contributed by atoms with Crippen molar-refractivity contribution in [2.24, 2.45) is 5.92 Å². The third-order valence-electron chi connectivity index (χ3n) is 5.60. The van der Waals surface area contributed by atoms with Crippen molar-refractivity contribution in [1.29, 1.82) is 0 Å². The highest BCUT2D eigenvalue weighted by molar-refractivity contribution is 5.82. The Balaban J connectivity index is 1.74. The second-order valence-electron chi connectivity index (χ2n) is 8.29. The Hall–Kier alpha value is -0.450. The SMILES string of the molecule is CC(C)C(=O)CN1CCC(C)(OC2CCN(C(C)C)CC2)CC1. The second-order valence-corrected chi connectivity index (χ2v) is 8.29. The van der Waals surface area contributed by atoms with Crippen LogP contribution in [0.3, 0.4) is 0 Å². The number of rotatable bonds is 6. The van der Waals surface area contributed by atoms with Crippen molar-refractivity contribution < 1.29 is 9.53 Å². The largest absolute Gasteiger partial charge is 0.372 e. The summed E-state index contributed by atoms with van der Waals surface area (Å²) in [6.45, 7) is 15.7. The number of ether oxygens (including phenoxy) is 1. The molecule has 0 aromatic carbocycles. The predicted octanol–water partition coefficient (Wildman–Crippen LogP) is 2.96. The zero-order valence-corrected chi connectivity index (χ0v) is 15.8. The van der Waals surface area contributed by atoms with E-state index in [2.05, 4.69) is 30.6 Å². The normalized spacial score (nSPS) is 24.5. The Morgan fingerprint density at radius 2 is 1.65 bits per heavy atom. The van der Waals surface area contributed by atoms with Crippen LogP contribution in [0.25, 0.3) is 0 Å². The molecule has 0 amide bonds. The average molecular weight is 325 g/mol. The topological polar surface area (TPSA) is 32.8 Å². The minimum atomic E-state index is 0.00203. The molecule has 0 spiro atoms. The zero-order chi connectivity index (χ0) is 17.0. The van der Waals surface area contributed by atoms with E-state index in [-0.39, 0.29) is 11.5 Å². The summed E-state index contributed by atoms with van der Waals surface area (Å²) in [5.74, 6) is 0.501. The maximum Gasteiger partial charge on any atom is 0.149 e. The van der Waals surface area contributed by atoms with Crippen LogP contribution in [0.2, 0.25) is 0 Å². The lowest BCUT2D eigenvalue weighted by molar-refractivity contribution is -0.134. The van der Waals surface area contributed by atoms with Gasteiger partial charge in [0.15, 0.2) is 0 Å². The van der Waals surface area contributed by atoms with Crippen LogP contribution in [-0.2, 0) is 9.53 Å². The first-order valence-corrected chi connectivity index (χ1v) is 9.46. The summed E-state index contributed by atoms with van der Waals surface area (Å²) in [4.78, 5) is 16.7. The summed E-state index contributed by atoms with van der Waals surface area (Å²) in [6, 6.07) is 0.647. The third-order valence-corrected chi connectivity index (χ3v) is 5.60. The summed E-state index contributed by atoms with van der Waals surface area (Å²) in [7, 11) is 0. The fourth-order valence-corrected chi connectivity index (χ4v) is 3.62. The summed E-state index contributed by atoms with van der Waals surface area (Å²) in [5, 5.41) is 0. The maximum atomic E-state index is 11.9. The van der Waals surface area contributed by atoms with E-state index in [4.69, 9.17) is 4.74 Å². The van der Waals surface area contributed by atoms with Crippen LogP contribution in [0.4, 0.5) is 0 Å². The minimum Gasteiger partial charge on any atom is -0.372 e. The first-order valence-electron chi connectivity index (χ1n) is 9.46. The van der Waals surface area contributed by atoms with E-state index in [9.17, 15) is 4.79 Å². The van der Waals surface area contributed by atoms with E-state index in [1.165, 1.54) is 0 Å². The minimum absolute atomic E-state index is 0.00203. The molecule has 0 saturated carbocycles. The van der Waals surface area contributed by atoms with E-state index >= 15 is 0 Å². The van der Waals surface area contributed by atoms with Crippen molar-refractivity contribution in [3.8, 4) is 0 Å². The number of Topliss-reactive ketones (excluding diaryl/α,β-unsaturated/α-hetero) is 1. The quantitative estimate of drug-likeness (QED) is 0.752. The highest BCUT2D eigenvalue weighted by Gasteiger charge is 2.35. The molecule has 134 valence electrons. The van der Waals surface area contributed by atoms with Gasteiger partial charge in [0.05, 0.1) is 18.2 Å². The van der Waals surface area contributed by atoms with E-state index < -0.39 is 0 Å². The number of nitrogens with zero attached hydrogens (tertiary/aromatic N) is 2. The number of ketones is 1. The lowest BCUT2D eigenvalue weighted by atomic mass is 9.92. The second kappa shape index (κ2) is 8.09. The molecule has 2 rings (SSSR count). The van der Waals surface area contributed by atoms with Crippen LogP contribution in [0.1, 0.15) is 60.3 Å². The van der Waals surface area contributed by atoms with Crippen molar-refractivity contribution in [1.82, 2.24) is 9.80 Å². The van der Waals surface area contributed by atoms with Crippen molar-refractivity contribution in [2.45, 2.75) is 78.0 Å². The van der Waals surface area contributed by atoms with Gasteiger partial charge in [-0.1, -0.05) is 13.8 Å². The highest BCUT2D eigenvalue weighted by atomic mass is 16.5. The first-order chi connectivity index (χ1) is 10.8. The van der Waals surface area contributed by atoms with Crippen molar-refractivity contribution in [2.75, 3.05) is 32.7 Å². The third kappa shape index (κ3) is 5.54. The molecule has 0 N–H and O–H groups in total. The van der Waals surface area contributed by atoms with Crippen molar-refractivity contribution in [3.05, 3.63) is 0 Å². The fourth-order valence-electron chi connectivity index (χ4n) is 3.62. The summed E-state index contributed by atoms with van der Waals surface area (Å²) in [6.07, 6.45) is 4.82. The smallest absolute Gasteiger partial charge is 0.149 e. The molecule has 0 bridgehead atoms. The molecule has 0 aromatic rings. The summed E-state index contributed by atoms with van der Waals surface area (Å²) in [5.41, 5.74) is 0.00203. The Labute approximate surface area is 142 Å². The van der Waals surface area contributed by atoms with Gasteiger partial charge in [0.25, 0.3) is 0 Å². The van der Waals surface area contributed by atoms with Crippen LogP contribution in [-0.4, -0.2) is 66.1 Å². The molecular formula is C19H36N2O2. The number of carbonyl (C=O) groups is 1. The molecule has 0 aliphatic carbocycles. The van der Waals surface area contributed by atoms with Crippen molar-refractivity contribution in [3.63, 3.8) is 0 Å². The molecule has 4 nitrogen and oxygen atoms in total. The Bertz CT molecular complexity index is 379. The summed E-state index contributed by atoms with van der Waals surface area (Å²) >= 11 is 0. The Morgan fingerprint density at radius 3 is 2.13 bits per heavy atom. The number of carbonyl (C=O) groups excluding carboxylic acids is 1. The van der Waals surface area contributed by atoms with Crippen LogP contribution in [0, 0.1) is 5.92 Å². The molecule has 0 unspecified atom stereocenters. The monoisotopic (exact) mass is 324 g/mol. The molecule has 2 aliphatic rings. The lowest BCUT2D eigenvalue weighted by Crippen LogP contribution is -2.49. The van der Waals surface area contributed by atoms with E-state index in [1.807, 2.05) is 13.8 Å². The Kier molecular flexibility index (Phi) is 6.64. The van der Waals surface area contributed by atoms with Crippen molar-refractivity contribution >= 4 is 5.78 Å². The predicted molar refractivity (Wildman–Crippen MR) is 94.7 cm³/mol. The number of likely N-dealkylation sites (tertiary alicyclic amines) is 2. The first kappa shape index (κ1) is 18.9. The lowest BCUT2D eigenvalue weighted by Gasteiger charge is -2.43. The molecule has 2 heterocycles. The molecule has 0 aromatic heterocycles. The number of piperidine rings is 2. The van der Waals surface area contributed by atoms with Crippen LogP contribution >= 0.6 is 0 Å². The average Bonchev–Trinajstić information content (AvgIpc) is 2.50. The highest BCUT2D eigenvalue weighted by Crippen LogP contribution is 2.30. The molecule has 2 aliphatic heterocycles. The van der Waals surface area contributed by atoms with Crippen LogP contribution in [0.5, 0.6) is 0 Å². The summed E-state index contributed by atoms with van der Waals surface area (Å²) < 4.78 is 6.51. The molecular weight excluding hydrogens is 288 g/mol. The van der Waals surface area contributed by atoms with Crippen LogP contribution < -0.4 is 0 Å². The van der Waals surface area contributed by atoms with Gasteiger partial charge in [-0.05, 0) is 46.5 Å².